The van der Waals surface area contributed by atoms with E-state index in [1.54, 1.807) is 22.7 Å². The van der Waals surface area contributed by atoms with Crippen molar-refractivity contribution in [2.75, 3.05) is 18.4 Å². The van der Waals surface area contributed by atoms with Gasteiger partial charge in [0.25, 0.3) is 5.78 Å². The number of hydrogen-bond acceptors (Lipinski definition) is 6. The summed E-state index contributed by atoms with van der Waals surface area (Å²) in [5, 5.41) is 16.8. The van der Waals surface area contributed by atoms with E-state index in [4.69, 9.17) is 0 Å². The fraction of sp³-hybridized carbons (Fsp3) is 0.409. The molecule has 2 aromatic heterocycles. The number of para-hydroxylation sites is 2. The quantitative estimate of drug-likeness (QED) is 0.610. The van der Waals surface area contributed by atoms with Gasteiger partial charge in [-0.25, -0.2) is 9.50 Å². The molecule has 0 unspecified atom stereocenters. The van der Waals surface area contributed by atoms with Crippen LogP contribution in [0.25, 0.3) is 5.78 Å². The van der Waals surface area contributed by atoms with E-state index < -0.39 is 0 Å². The molecular weight excluding hydrogens is 396 g/mol. The van der Waals surface area contributed by atoms with Crippen molar-refractivity contribution in [1.29, 1.82) is 0 Å². The average molecular weight is 422 g/mol. The Balaban J connectivity index is 1.31. The number of piperidine rings is 1. The van der Waals surface area contributed by atoms with Gasteiger partial charge in [-0.05, 0) is 50.8 Å². The second-order valence-corrected chi connectivity index (χ2v) is 7.89. The minimum atomic E-state index is -0.174. The molecule has 9 heteroatoms. The molecule has 2 amide bonds. The van der Waals surface area contributed by atoms with Gasteiger partial charge in [0.1, 0.15) is 12.1 Å². The number of hydrogen-bond donors (Lipinski definition) is 2. The molecule has 162 valence electrons. The Morgan fingerprint density at radius 1 is 1.19 bits per heavy atom. The molecule has 0 spiro atoms. The van der Waals surface area contributed by atoms with E-state index in [1.807, 2.05) is 18.7 Å². The number of rotatable bonds is 5. The van der Waals surface area contributed by atoms with Crippen molar-refractivity contribution in [3.05, 3.63) is 47.5 Å². The molecule has 31 heavy (non-hydrogen) atoms. The van der Waals surface area contributed by atoms with Crippen LogP contribution in [0.5, 0.6) is 5.75 Å². The minimum absolute atomic E-state index is 0.0487. The van der Waals surface area contributed by atoms with Crippen LogP contribution in [0.3, 0.4) is 0 Å². The number of nitrogens with zero attached hydrogens (tertiary/aromatic N) is 5. The van der Waals surface area contributed by atoms with Gasteiger partial charge in [-0.2, -0.15) is 10.1 Å². The standard InChI is InChI=1S/C22H26N6O3/c1-14-17(15(2)28-22(25-14)23-13-24-28)7-8-20(30)27-11-9-16(10-12-27)21(31)26-18-5-3-4-6-19(18)29/h3-6,13,16,29H,7-12H2,1-2H3,(H,26,31). The zero-order valence-corrected chi connectivity index (χ0v) is 17.7. The predicted octanol–water partition coefficient (Wildman–Crippen LogP) is 2.26. The molecule has 0 radical (unpaired) electrons. The number of benzene rings is 1. The van der Waals surface area contributed by atoms with Crippen LogP contribution in [-0.2, 0) is 16.0 Å². The summed E-state index contributed by atoms with van der Waals surface area (Å²) in [6.07, 6.45) is 3.67. The number of aromatic hydroxyl groups is 1. The third-order valence-corrected chi connectivity index (χ3v) is 5.96. The zero-order valence-electron chi connectivity index (χ0n) is 17.7. The summed E-state index contributed by atoms with van der Waals surface area (Å²) in [6.45, 7) is 4.99. The maximum atomic E-state index is 12.8. The van der Waals surface area contributed by atoms with E-state index in [9.17, 15) is 14.7 Å². The number of amides is 2. The van der Waals surface area contributed by atoms with Gasteiger partial charge in [-0.3, -0.25) is 9.59 Å². The highest BCUT2D eigenvalue weighted by molar-refractivity contribution is 5.94. The lowest BCUT2D eigenvalue weighted by Crippen LogP contribution is -2.41. The number of carbonyl (C=O) groups excluding carboxylic acids is 2. The summed E-state index contributed by atoms with van der Waals surface area (Å²) >= 11 is 0. The molecule has 3 heterocycles. The van der Waals surface area contributed by atoms with E-state index in [-0.39, 0.29) is 23.5 Å². The lowest BCUT2D eigenvalue weighted by atomic mass is 9.95. The number of aromatic nitrogens is 4. The van der Waals surface area contributed by atoms with E-state index in [2.05, 4.69) is 20.4 Å². The fourth-order valence-electron chi connectivity index (χ4n) is 4.11. The Morgan fingerprint density at radius 2 is 1.94 bits per heavy atom. The number of anilines is 1. The van der Waals surface area contributed by atoms with Crippen LogP contribution in [0.15, 0.2) is 30.6 Å². The number of nitrogens with one attached hydrogen (secondary N) is 1. The summed E-state index contributed by atoms with van der Waals surface area (Å²) in [6, 6.07) is 6.67. The van der Waals surface area contributed by atoms with Crippen LogP contribution in [0.1, 0.15) is 36.2 Å². The van der Waals surface area contributed by atoms with Crippen LogP contribution in [0.2, 0.25) is 0 Å². The van der Waals surface area contributed by atoms with Crippen molar-refractivity contribution in [1.82, 2.24) is 24.5 Å². The maximum Gasteiger partial charge on any atom is 0.252 e. The summed E-state index contributed by atoms with van der Waals surface area (Å²) in [7, 11) is 0. The fourth-order valence-corrected chi connectivity index (χ4v) is 4.11. The summed E-state index contributed by atoms with van der Waals surface area (Å²) < 4.78 is 1.70. The van der Waals surface area contributed by atoms with Crippen LogP contribution < -0.4 is 5.32 Å². The third kappa shape index (κ3) is 4.35. The number of aryl methyl sites for hydroxylation is 2. The van der Waals surface area contributed by atoms with Gasteiger partial charge in [-0.1, -0.05) is 12.1 Å². The Morgan fingerprint density at radius 3 is 2.68 bits per heavy atom. The topological polar surface area (TPSA) is 113 Å². The number of phenolic OH excluding ortho intramolecular Hbond substituents is 1. The van der Waals surface area contributed by atoms with Crippen LogP contribution in [-0.4, -0.2) is 54.5 Å². The van der Waals surface area contributed by atoms with E-state index in [0.29, 0.717) is 50.2 Å². The number of carbonyl (C=O) groups is 2. The first-order valence-corrected chi connectivity index (χ1v) is 10.5. The molecule has 0 saturated carbocycles. The van der Waals surface area contributed by atoms with Gasteiger partial charge in [0.15, 0.2) is 0 Å². The van der Waals surface area contributed by atoms with Crippen LogP contribution in [0.4, 0.5) is 5.69 Å². The molecule has 1 aliphatic heterocycles. The van der Waals surface area contributed by atoms with E-state index >= 15 is 0 Å². The van der Waals surface area contributed by atoms with Gasteiger partial charge in [-0.15, -0.1) is 0 Å². The Labute approximate surface area is 180 Å². The Bertz CT molecular complexity index is 1120. The van der Waals surface area contributed by atoms with E-state index in [0.717, 1.165) is 17.0 Å². The summed E-state index contributed by atoms with van der Waals surface area (Å²) in [4.78, 5) is 35.7. The van der Waals surface area contributed by atoms with Gasteiger partial charge in [0.2, 0.25) is 11.8 Å². The monoisotopic (exact) mass is 422 g/mol. The highest BCUT2D eigenvalue weighted by Gasteiger charge is 2.27. The highest BCUT2D eigenvalue weighted by atomic mass is 16.3. The second-order valence-electron chi connectivity index (χ2n) is 7.89. The average Bonchev–Trinajstić information content (AvgIpc) is 3.23. The van der Waals surface area contributed by atoms with Crippen molar-refractivity contribution in [2.45, 2.75) is 39.5 Å². The molecule has 3 aromatic rings. The summed E-state index contributed by atoms with van der Waals surface area (Å²) in [5.41, 5.74) is 3.25. The molecule has 0 atom stereocenters. The van der Waals surface area contributed by atoms with Crippen LogP contribution in [0, 0.1) is 19.8 Å². The largest absolute Gasteiger partial charge is 0.506 e. The molecule has 1 aliphatic rings. The smallest absolute Gasteiger partial charge is 0.252 e. The molecule has 4 rings (SSSR count). The van der Waals surface area contributed by atoms with Crippen LogP contribution >= 0.6 is 0 Å². The molecule has 0 bridgehead atoms. The SMILES string of the molecule is Cc1nc2ncnn2c(C)c1CCC(=O)N1CCC(C(=O)Nc2ccccc2O)CC1. The van der Waals surface area contributed by atoms with E-state index in [1.165, 1.54) is 12.4 Å². The molecule has 1 saturated heterocycles. The molecule has 9 nitrogen and oxygen atoms in total. The summed E-state index contributed by atoms with van der Waals surface area (Å²) in [5.74, 6) is 0.401. The normalized spacial score (nSPS) is 14.7. The molecule has 1 aromatic carbocycles. The second kappa shape index (κ2) is 8.71. The Hall–Kier alpha value is -3.49. The number of phenols is 1. The lowest BCUT2D eigenvalue weighted by Gasteiger charge is -2.31. The first-order valence-electron chi connectivity index (χ1n) is 10.5. The predicted molar refractivity (Wildman–Crippen MR) is 115 cm³/mol. The van der Waals surface area contributed by atoms with Gasteiger partial charge < -0.3 is 15.3 Å². The first kappa shape index (κ1) is 20.8. The van der Waals surface area contributed by atoms with Crippen molar-refractivity contribution in [3.8, 4) is 5.75 Å². The third-order valence-electron chi connectivity index (χ3n) is 5.96. The molecule has 0 aliphatic carbocycles. The number of likely N-dealkylation sites (tertiary alicyclic amines) is 1. The van der Waals surface area contributed by atoms with Gasteiger partial charge in [0.05, 0.1) is 5.69 Å². The zero-order chi connectivity index (χ0) is 22.0. The van der Waals surface area contributed by atoms with Gasteiger partial charge >= 0.3 is 0 Å². The Kier molecular flexibility index (Phi) is 5.83. The minimum Gasteiger partial charge on any atom is -0.506 e. The molecular formula is C22H26N6O3. The van der Waals surface area contributed by atoms with Crippen molar-refractivity contribution in [2.24, 2.45) is 5.92 Å². The van der Waals surface area contributed by atoms with Crippen molar-refractivity contribution in [3.63, 3.8) is 0 Å². The maximum absolute atomic E-state index is 12.8. The first-order chi connectivity index (χ1) is 14.9. The van der Waals surface area contributed by atoms with Crippen molar-refractivity contribution < 1.29 is 14.7 Å². The molecule has 1 fully saturated rings. The van der Waals surface area contributed by atoms with Crippen molar-refractivity contribution >= 4 is 23.3 Å². The van der Waals surface area contributed by atoms with Gasteiger partial charge in [0, 0.05) is 36.8 Å². The molecule has 2 N–H and O–H groups in total. The lowest BCUT2D eigenvalue weighted by molar-refractivity contribution is -0.134. The highest BCUT2D eigenvalue weighted by Crippen LogP contribution is 2.25. The number of fused-ring (bicyclic) bond motifs is 1.